The van der Waals surface area contributed by atoms with E-state index in [-0.39, 0.29) is 16.3 Å². The van der Waals surface area contributed by atoms with Crippen molar-refractivity contribution in [2.24, 2.45) is 0 Å². The number of ether oxygens (including phenoxy) is 2. The number of rotatable bonds is 5. The fraction of sp³-hybridized carbons (Fsp3) is 0.222. The lowest BCUT2D eigenvalue weighted by Gasteiger charge is -2.30. The van der Waals surface area contributed by atoms with E-state index in [0.29, 0.717) is 5.75 Å². The van der Waals surface area contributed by atoms with Crippen LogP contribution in [0.1, 0.15) is 0 Å². The third-order valence-corrected chi connectivity index (χ3v) is 4.20. The van der Waals surface area contributed by atoms with Crippen LogP contribution in [0.3, 0.4) is 0 Å². The van der Waals surface area contributed by atoms with Crippen molar-refractivity contribution in [1.82, 2.24) is 5.32 Å². The molecule has 1 fully saturated rings. The molecule has 31 heavy (non-hydrogen) atoms. The monoisotopic (exact) mass is 449 g/mol. The van der Waals surface area contributed by atoms with Gasteiger partial charge in [-0.3, -0.25) is 10.1 Å². The number of halogens is 6. The number of imide groups is 1. The molecule has 1 aliphatic heterocycles. The lowest BCUT2D eigenvalue weighted by molar-refractivity contribution is -0.274. The zero-order valence-corrected chi connectivity index (χ0v) is 15.5. The number of urea groups is 1. The van der Waals surface area contributed by atoms with E-state index in [0.717, 1.165) is 24.3 Å². The van der Waals surface area contributed by atoms with Crippen LogP contribution < -0.4 is 25.0 Å². The van der Waals surface area contributed by atoms with Crippen LogP contribution in [-0.2, 0) is 4.79 Å². The molecule has 3 amide bonds. The van der Waals surface area contributed by atoms with Crippen LogP contribution in [-0.4, -0.2) is 37.2 Å². The molecule has 7 nitrogen and oxygen atoms in total. The first-order chi connectivity index (χ1) is 14.4. The molecule has 0 radical (unpaired) electrons. The Morgan fingerprint density at radius 3 is 1.94 bits per heavy atom. The summed E-state index contributed by atoms with van der Waals surface area (Å²) in [5, 5.41) is 3.59. The summed E-state index contributed by atoms with van der Waals surface area (Å²) in [6, 6.07) is 6.87. The molecule has 0 spiro atoms. The van der Waals surface area contributed by atoms with Gasteiger partial charge in [-0.05, 0) is 48.5 Å². The molecule has 0 bridgehead atoms. The molecule has 1 heterocycles. The Morgan fingerprint density at radius 1 is 0.903 bits per heavy atom. The summed E-state index contributed by atoms with van der Waals surface area (Å²) in [5.74, 6) is -2.05. The summed E-state index contributed by atoms with van der Waals surface area (Å²) in [6.07, 6.45) is -10.3. The van der Waals surface area contributed by atoms with E-state index in [1.807, 2.05) is 5.32 Å². The Balaban J connectivity index is 1.93. The van der Waals surface area contributed by atoms with E-state index in [1.165, 1.54) is 31.4 Å². The summed E-state index contributed by atoms with van der Waals surface area (Å²) < 4.78 is 87.1. The van der Waals surface area contributed by atoms with Crippen LogP contribution in [0.4, 0.5) is 42.5 Å². The number of methoxy groups -OCH3 is 1. The second-order valence-electron chi connectivity index (χ2n) is 6.21. The number of anilines is 2. The quantitative estimate of drug-likeness (QED) is 0.533. The maximum atomic E-state index is 13.9. The second-order valence-corrected chi connectivity index (χ2v) is 6.21. The predicted octanol–water partition coefficient (Wildman–Crippen LogP) is 4.02. The molecule has 2 N–H and O–H groups in total. The highest BCUT2D eigenvalue weighted by Gasteiger charge is 2.68. The average molecular weight is 449 g/mol. The molecule has 1 atom stereocenters. The molecule has 13 heteroatoms. The Labute approximate surface area is 170 Å². The highest BCUT2D eigenvalue weighted by atomic mass is 19.4. The number of hydrogen-bond donors (Lipinski definition) is 2. The fourth-order valence-electron chi connectivity index (χ4n) is 2.80. The van der Waals surface area contributed by atoms with Crippen LogP contribution in [0.15, 0.2) is 48.5 Å². The lowest BCUT2D eigenvalue weighted by atomic mass is 10.1. The van der Waals surface area contributed by atoms with Gasteiger partial charge in [0.1, 0.15) is 11.5 Å². The first-order valence-corrected chi connectivity index (χ1v) is 8.38. The van der Waals surface area contributed by atoms with E-state index < -0.39 is 35.9 Å². The fourth-order valence-corrected chi connectivity index (χ4v) is 2.80. The van der Waals surface area contributed by atoms with Gasteiger partial charge < -0.3 is 14.8 Å². The number of carbonyl (C=O) groups excluding carboxylic acids is 2. The number of amides is 3. The minimum Gasteiger partial charge on any atom is -0.497 e. The molecule has 2 aromatic carbocycles. The van der Waals surface area contributed by atoms with Crippen molar-refractivity contribution in [2.45, 2.75) is 18.2 Å². The van der Waals surface area contributed by atoms with E-state index in [9.17, 15) is 35.9 Å². The normalized spacial score (nSPS) is 19.3. The molecule has 0 aromatic heterocycles. The highest BCUT2D eigenvalue weighted by Crippen LogP contribution is 2.39. The van der Waals surface area contributed by atoms with Crippen molar-refractivity contribution in [2.75, 3.05) is 17.3 Å². The number of carbonyl (C=O) groups is 2. The third kappa shape index (κ3) is 4.29. The molecule has 1 saturated heterocycles. The van der Waals surface area contributed by atoms with Gasteiger partial charge in [-0.1, -0.05) is 0 Å². The number of nitrogens with zero attached hydrogens (tertiary/aromatic N) is 1. The van der Waals surface area contributed by atoms with Crippen molar-refractivity contribution in [1.29, 1.82) is 0 Å². The minimum absolute atomic E-state index is 0.150. The van der Waals surface area contributed by atoms with Gasteiger partial charge in [0.25, 0.3) is 11.6 Å². The highest BCUT2D eigenvalue weighted by molar-refractivity contribution is 6.24. The van der Waals surface area contributed by atoms with E-state index >= 15 is 0 Å². The van der Waals surface area contributed by atoms with Gasteiger partial charge in [0.15, 0.2) is 0 Å². The zero-order chi connectivity index (χ0) is 23.0. The molecular formula is C18H13F6N3O4. The standard InChI is InChI=1S/C18H13F6N3O4/c1-30-12-6-2-10(3-7-12)25-16(17(19,20)21)14(28)27(15(29)26-16)11-4-8-13(9-5-11)31-18(22,23)24/h2-9,25H,1H3,(H,26,29)/t16-/m0/s1. The number of benzene rings is 2. The molecule has 3 rings (SSSR count). The summed E-state index contributed by atoms with van der Waals surface area (Å²) in [5.41, 5.74) is -4.04. The Kier molecular flexibility index (Phi) is 5.38. The van der Waals surface area contributed by atoms with Gasteiger partial charge in [0.2, 0.25) is 0 Å². The SMILES string of the molecule is COc1ccc(N[C@]2(C(F)(F)F)NC(=O)N(c3ccc(OC(F)(F)F)cc3)C2=O)cc1. The topological polar surface area (TPSA) is 79.9 Å². The summed E-state index contributed by atoms with van der Waals surface area (Å²) in [4.78, 5) is 25.2. The van der Waals surface area contributed by atoms with Gasteiger partial charge in [-0.2, -0.15) is 13.2 Å². The van der Waals surface area contributed by atoms with E-state index in [2.05, 4.69) is 4.74 Å². The molecular weight excluding hydrogens is 436 g/mol. The summed E-state index contributed by atoms with van der Waals surface area (Å²) in [7, 11) is 1.35. The zero-order valence-electron chi connectivity index (χ0n) is 15.5. The van der Waals surface area contributed by atoms with Crippen LogP contribution in [0.25, 0.3) is 0 Å². The van der Waals surface area contributed by atoms with Crippen molar-refractivity contribution in [3.63, 3.8) is 0 Å². The summed E-state index contributed by atoms with van der Waals surface area (Å²) >= 11 is 0. The van der Waals surface area contributed by atoms with Crippen molar-refractivity contribution in [3.8, 4) is 11.5 Å². The Morgan fingerprint density at radius 2 is 1.45 bits per heavy atom. The molecule has 0 aliphatic carbocycles. The van der Waals surface area contributed by atoms with Gasteiger partial charge in [0.05, 0.1) is 12.8 Å². The van der Waals surface area contributed by atoms with Crippen LogP contribution >= 0.6 is 0 Å². The van der Waals surface area contributed by atoms with Crippen LogP contribution in [0.5, 0.6) is 11.5 Å². The first kappa shape index (κ1) is 22.1. The minimum atomic E-state index is -5.27. The lowest BCUT2D eigenvalue weighted by Crippen LogP contribution is -2.64. The van der Waals surface area contributed by atoms with Crippen molar-refractivity contribution in [3.05, 3.63) is 48.5 Å². The molecule has 0 unspecified atom stereocenters. The first-order valence-electron chi connectivity index (χ1n) is 8.38. The number of alkyl halides is 6. The third-order valence-electron chi connectivity index (χ3n) is 4.20. The molecule has 2 aromatic rings. The number of nitrogens with one attached hydrogen (secondary N) is 2. The largest absolute Gasteiger partial charge is 0.573 e. The molecule has 1 aliphatic rings. The smallest absolute Gasteiger partial charge is 0.497 e. The maximum Gasteiger partial charge on any atom is 0.573 e. The summed E-state index contributed by atoms with van der Waals surface area (Å²) in [6.45, 7) is 0. The molecule has 166 valence electrons. The average Bonchev–Trinajstić information content (AvgIpc) is 2.92. The van der Waals surface area contributed by atoms with Crippen LogP contribution in [0, 0.1) is 0 Å². The predicted molar refractivity (Wildman–Crippen MR) is 94.5 cm³/mol. The van der Waals surface area contributed by atoms with Crippen molar-refractivity contribution < 1.29 is 45.4 Å². The van der Waals surface area contributed by atoms with Gasteiger partial charge in [0, 0.05) is 5.69 Å². The van der Waals surface area contributed by atoms with Gasteiger partial charge in [-0.25, -0.2) is 9.69 Å². The second kappa shape index (κ2) is 7.56. The number of hydrogen-bond acceptors (Lipinski definition) is 5. The van der Waals surface area contributed by atoms with E-state index in [1.54, 1.807) is 5.32 Å². The Hall–Kier alpha value is -3.64. The van der Waals surface area contributed by atoms with Crippen molar-refractivity contribution >= 4 is 23.3 Å². The molecule has 0 saturated carbocycles. The van der Waals surface area contributed by atoms with E-state index in [4.69, 9.17) is 4.74 Å². The van der Waals surface area contributed by atoms with Gasteiger partial charge in [-0.15, -0.1) is 13.2 Å². The van der Waals surface area contributed by atoms with Gasteiger partial charge >= 0.3 is 18.6 Å². The van der Waals surface area contributed by atoms with Crippen LogP contribution in [0.2, 0.25) is 0 Å². The maximum absolute atomic E-state index is 13.9. The Bertz CT molecular complexity index is 976.